The Morgan fingerprint density at radius 1 is 0.573 bits per heavy atom. The fourth-order valence-electron chi connectivity index (χ4n) is 12.4. The summed E-state index contributed by atoms with van der Waals surface area (Å²) in [4.78, 5) is 133. The minimum atomic E-state index is -1.48. The Bertz CT molecular complexity index is 4000. The zero-order chi connectivity index (χ0) is 68.5. The number of aromatic nitrogens is 6. The highest BCUT2D eigenvalue weighted by Gasteiger charge is 2.47. The van der Waals surface area contributed by atoms with Gasteiger partial charge < -0.3 is 62.2 Å². The Hall–Kier alpha value is -10.1. The van der Waals surface area contributed by atoms with Crippen LogP contribution in [0.3, 0.4) is 0 Å². The normalized spacial score (nSPS) is 21.8. The van der Waals surface area contributed by atoms with E-state index in [1.54, 1.807) is 97.0 Å². The molecule has 9 N–H and O–H groups in total. The van der Waals surface area contributed by atoms with Crippen LogP contribution in [0.4, 0.5) is 0 Å². The second-order valence-electron chi connectivity index (χ2n) is 25.8. The number of ether oxygens (including phenoxy) is 1. The maximum atomic E-state index is 15.2. The molecule has 4 aliphatic heterocycles. The Labute approximate surface area is 555 Å². The molecule has 27 nitrogen and oxygen atoms in total. The lowest BCUT2D eigenvalue weighted by atomic mass is 9.99. The lowest BCUT2D eigenvalue weighted by Gasteiger charge is -2.32. The molecule has 8 amide bonds. The van der Waals surface area contributed by atoms with Gasteiger partial charge >= 0.3 is 5.97 Å². The van der Waals surface area contributed by atoms with Crippen molar-refractivity contribution in [2.75, 3.05) is 27.2 Å². The molecular weight excluding hydrogens is 1230 g/mol. The minimum absolute atomic E-state index is 0.0208. The topological polar surface area (TPSA) is 347 Å². The van der Waals surface area contributed by atoms with E-state index in [9.17, 15) is 33.9 Å². The fraction of sp³-hybridized carbons (Fsp3) is 0.435. The van der Waals surface area contributed by atoms with E-state index in [0.29, 0.717) is 22.6 Å². The van der Waals surface area contributed by atoms with Gasteiger partial charge in [0.05, 0.1) is 43.1 Å². The summed E-state index contributed by atoms with van der Waals surface area (Å²) in [6, 6.07) is 22.0. The molecule has 2 fully saturated rings. The summed E-state index contributed by atoms with van der Waals surface area (Å²) in [7, 11) is 3.24. The summed E-state index contributed by atoms with van der Waals surface area (Å²) >= 11 is 0. The molecule has 7 aromatic rings. The van der Waals surface area contributed by atoms with Crippen LogP contribution in [0.1, 0.15) is 94.5 Å². The number of hydrogen-bond acceptors (Lipinski definition) is 16. The van der Waals surface area contributed by atoms with E-state index in [0.717, 1.165) is 27.1 Å². The van der Waals surface area contributed by atoms with Crippen molar-refractivity contribution in [3.05, 3.63) is 150 Å². The molecule has 6 heterocycles. The molecule has 96 heavy (non-hydrogen) atoms. The third kappa shape index (κ3) is 16.3. The summed E-state index contributed by atoms with van der Waals surface area (Å²) in [5.41, 5.74) is 2.57. The first-order chi connectivity index (χ1) is 46.0. The molecule has 0 spiro atoms. The second kappa shape index (κ2) is 30.5. The van der Waals surface area contributed by atoms with Crippen LogP contribution in [-0.2, 0) is 75.6 Å². The summed E-state index contributed by atoms with van der Waals surface area (Å²) in [5, 5.41) is 55.0. The highest BCUT2D eigenvalue weighted by Crippen LogP contribution is 2.32. The quantitative estimate of drug-likeness (QED) is 0.0712. The molecule has 10 bridgehead atoms. The first-order valence-electron chi connectivity index (χ1n) is 32.5. The molecular formula is C69H84N16O11. The van der Waals surface area contributed by atoms with Crippen LogP contribution < -0.4 is 47.3 Å². The van der Waals surface area contributed by atoms with Crippen molar-refractivity contribution in [1.29, 1.82) is 0 Å². The van der Waals surface area contributed by atoms with E-state index in [2.05, 4.69) is 63.2 Å². The van der Waals surface area contributed by atoms with Gasteiger partial charge in [0.25, 0.3) is 0 Å². The van der Waals surface area contributed by atoms with Crippen LogP contribution >= 0.6 is 0 Å². The van der Waals surface area contributed by atoms with Crippen LogP contribution in [0.5, 0.6) is 5.75 Å². The number of carboxylic acid groups (broad SMARTS) is 1. The van der Waals surface area contributed by atoms with Crippen molar-refractivity contribution in [1.82, 2.24) is 82.3 Å². The molecule has 2 aromatic heterocycles. The molecule has 4 aliphatic rings. The van der Waals surface area contributed by atoms with E-state index >= 15 is 14.4 Å². The largest absolute Gasteiger partial charge is 0.487 e. The van der Waals surface area contributed by atoms with Gasteiger partial charge in [-0.3, -0.25) is 38.4 Å². The van der Waals surface area contributed by atoms with Crippen molar-refractivity contribution in [3.63, 3.8) is 0 Å². The number of likely N-dealkylation sites (tertiary alicyclic amines) is 2. The number of carboxylic acids is 1. The summed E-state index contributed by atoms with van der Waals surface area (Å²) < 4.78 is 9.17. The number of aliphatic carboxylic acids is 1. The van der Waals surface area contributed by atoms with Crippen LogP contribution in [0.25, 0.3) is 21.5 Å². The summed E-state index contributed by atoms with van der Waals surface area (Å²) in [5.74, 6) is -6.55. The van der Waals surface area contributed by atoms with Gasteiger partial charge in [-0.1, -0.05) is 135 Å². The maximum Gasteiger partial charge on any atom is 0.326 e. The zero-order valence-electron chi connectivity index (χ0n) is 55.0. The van der Waals surface area contributed by atoms with Gasteiger partial charge in [0.1, 0.15) is 66.0 Å². The monoisotopic (exact) mass is 1310 g/mol. The van der Waals surface area contributed by atoms with Crippen LogP contribution in [0, 0.1) is 11.8 Å². The SMILES string of the molecule is CNC(C)C(=O)NC(C(=O)N1CC2CC1C(=O)NC(Cc1ccc3ccccc3c1)C(=O)NCc1cn(nn1)C1CC(C(=O)NC(Cc3ccc4ccccc4c3)C(=O)NC(C(=O)O)Cc3ccc(cc3)OCc3cn2nn3)N(C(=O)C(NC(=O)C(C)NC)C(C)C)C1)C(C)C. The number of carbonyl (C=O) groups is 9. The Morgan fingerprint density at radius 3 is 1.50 bits per heavy atom. The minimum Gasteiger partial charge on any atom is -0.487 e. The Balaban J connectivity index is 1.00. The lowest BCUT2D eigenvalue weighted by molar-refractivity contribution is -0.144. The van der Waals surface area contributed by atoms with E-state index in [4.69, 9.17) is 4.74 Å². The average molecular weight is 1310 g/mol. The molecule has 506 valence electrons. The summed E-state index contributed by atoms with van der Waals surface area (Å²) in [6.07, 6.45) is 2.99. The van der Waals surface area contributed by atoms with E-state index in [1.807, 2.05) is 84.9 Å². The summed E-state index contributed by atoms with van der Waals surface area (Å²) in [6.45, 7) is 10.0. The smallest absolute Gasteiger partial charge is 0.326 e. The first kappa shape index (κ1) is 68.7. The average Bonchev–Trinajstić information content (AvgIpc) is 1.65. The highest BCUT2D eigenvalue weighted by molar-refractivity contribution is 5.98. The number of nitrogens with one attached hydrogen (secondary N) is 8. The van der Waals surface area contributed by atoms with E-state index < -0.39 is 132 Å². The molecule has 5 aromatic carbocycles. The maximum absolute atomic E-state index is 15.2. The molecule has 2 saturated heterocycles. The molecule has 0 radical (unpaired) electrons. The van der Waals surface area contributed by atoms with Gasteiger partial charge in [-0.05, 0) is 90.1 Å². The Morgan fingerprint density at radius 2 is 1.03 bits per heavy atom. The van der Waals surface area contributed by atoms with Gasteiger partial charge in [-0.15, -0.1) is 10.2 Å². The van der Waals surface area contributed by atoms with Gasteiger partial charge in [-0.2, -0.15) is 0 Å². The van der Waals surface area contributed by atoms with Crippen LogP contribution in [-0.4, -0.2) is 180 Å². The standard InChI is InChI=1S/C69H84N16O11/c1-38(2)59(76-61(86)40(5)70-7)67(92)82-35-51-30-58(82)66(91)74-55(29-44-18-22-46-14-10-12-16-48(46)26-44)64(89)75-56(69(94)95)27-42-19-23-53(24-20-42)96-37-50-34-85(81-79-50)52-31-57(83(36-52)68(93)60(39(3)4)77-62(87)41(6)71-8)65(90)73-54(63(88)72-32-49-33-84(51)80-78-49)28-43-17-21-45-13-9-11-15-47(45)25-43/h9-26,33-34,38-41,51-52,54-60,70-71H,27-32,35-37H2,1-8H3,(H,72,88)(H,73,90)(H,74,91)(H,75,89)(H,76,86)(H,77,87)(H,94,95). The van der Waals surface area contributed by atoms with Gasteiger partial charge in [0, 0.05) is 45.2 Å². The number of carbonyl (C=O) groups excluding carboxylic acids is 8. The number of likely N-dealkylation sites (N-methyl/N-ethyl adjacent to an activating group) is 2. The molecule has 27 heteroatoms. The number of hydrogen-bond donors (Lipinski definition) is 9. The van der Waals surface area contributed by atoms with Crippen molar-refractivity contribution in [3.8, 4) is 5.75 Å². The number of fused-ring (bicyclic) bond motifs is 16. The van der Waals surface area contributed by atoms with Gasteiger partial charge in [0.2, 0.25) is 47.3 Å². The predicted octanol–water partition coefficient (Wildman–Crippen LogP) is 2.43. The first-order valence-corrected chi connectivity index (χ1v) is 32.5. The predicted molar refractivity (Wildman–Crippen MR) is 354 cm³/mol. The number of amides is 8. The van der Waals surface area contributed by atoms with Gasteiger partial charge in [-0.25, -0.2) is 14.2 Å². The van der Waals surface area contributed by atoms with Crippen molar-refractivity contribution in [2.24, 2.45) is 11.8 Å². The van der Waals surface area contributed by atoms with Crippen molar-refractivity contribution in [2.45, 2.75) is 153 Å². The molecule has 11 atom stereocenters. The lowest BCUT2D eigenvalue weighted by Crippen LogP contribution is -2.59. The van der Waals surface area contributed by atoms with Crippen molar-refractivity contribution >= 4 is 74.8 Å². The van der Waals surface area contributed by atoms with E-state index in [1.165, 1.54) is 14.5 Å². The molecule has 11 rings (SSSR count). The molecule has 0 saturated carbocycles. The highest BCUT2D eigenvalue weighted by atomic mass is 16.5. The van der Waals surface area contributed by atoms with Crippen LogP contribution in [0.15, 0.2) is 122 Å². The Kier molecular flexibility index (Phi) is 21.8. The van der Waals surface area contributed by atoms with Crippen LogP contribution in [0.2, 0.25) is 0 Å². The van der Waals surface area contributed by atoms with Gasteiger partial charge in [0.15, 0.2) is 0 Å². The fourth-order valence-corrected chi connectivity index (χ4v) is 12.4. The third-order valence-corrected chi connectivity index (χ3v) is 18.3. The second-order valence-corrected chi connectivity index (χ2v) is 25.8. The number of benzene rings is 5. The van der Waals surface area contributed by atoms with Crippen molar-refractivity contribution < 1.29 is 53.0 Å². The number of nitrogens with zero attached hydrogens (tertiary/aromatic N) is 8. The zero-order valence-corrected chi connectivity index (χ0v) is 55.0. The van der Waals surface area contributed by atoms with E-state index in [-0.39, 0.29) is 64.0 Å². The number of rotatable bonds is 15. The molecule has 0 aliphatic carbocycles. The molecule has 11 unspecified atom stereocenters. The third-order valence-electron chi connectivity index (χ3n) is 18.3.